The minimum absolute atomic E-state index is 0.0903. The van der Waals surface area contributed by atoms with Crippen LogP contribution in [0.1, 0.15) is 13.3 Å². The van der Waals surface area contributed by atoms with E-state index in [1.165, 1.54) is 0 Å². The molecule has 4 heteroatoms. The number of fused-ring (bicyclic) bond motifs is 1. The molecule has 0 saturated carbocycles. The molecule has 0 aliphatic rings. The van der Waals surface area contributed by atoms with Crippen LogP contribution in [0.2, 0.25) is 0 Å². The minimum Gasteiger partial charge on any atom is -0.395 e. The number of para-hydroxylation sites is 2. The number of aromatic nitrogens is 2. The maximum absolute atomic E-state index is 9.33. The molecule has 17 heavy (non-hydrogen) atoms. The summed E-state index contributed by atoms with van der Waals surface area (Å²) in [5, 5.41) is 12.7. The molecule has 1 unspecified atom stereocenters. The molecular weight excluding hydrogens is 214 g/mol. The van der Waals surface area contributed by atoms with Crippen molar-refractivity contribution >= 4 is 11.0 Å². The second-order valence-corrected chi connectivity index (χ2v) is 4.22. The van der Waals surface area contributed by atoms with Crippen LogP contribution in [0.25, 0.3) is 11.0 Å². The smallest absolute Gasteiger partial charge is 0.0958 e. The van der Waals surface area contributed by atoms with Crippen LogP contribution in [0.15, 0.2) is 30.6 Å². The average molecular weight is 233 g/mol. The summed E-state index contributed by atoms with van der Waals surface area (Å²) in [5.41, 5.74) is 2.11. The Morgan fingerprint density at radius 1 is 1.41 bits per heavy atom. The van der Waals surface area contributed by atoms with Gasteiger partial charge in [0, 0.05) is 12.6 Å². The van der Waals surface area contributed by atoms with E-state index in [0.717, 1.165) is 30.5 Å². The Bertz CT molecular complexity index is 466. The highest BCUT2D eigenvalue weighted by Gasteiger charge is 2.09. The zero-order valence-electron chi connectivity index (χ0n) is 10.1. The van der Waals surface area contributed by atoms with Crippen LogP contribution in [-0.4, -0.2) is 33.9 Å². The monoisotopic (exact) mass is 233 g/mol. The normalized spacial score (nSPS) is 13.1. The number of hydrogen-bond acceptors (Lipinski definition) is 3. The summed E-state index contributed by atoms with van der Waals surface area (Å²) in [5.74, 6) is 0. The van der Waals surface area contributed by atoms with Gasteiger partial charge in [0.05, 0.1) is 24.0 Å². The Balaban J connectivity index is 2.11. The van der Waals surface area contributed by atoms with Gasteiger partial charge in [-0.15, -0.1) is 0 Å². The fraction of sp³-hybridized carbons (Fsp3) is 0.462. The van der Waals surface area contributed by atoms with Gasteiger partial charge in [0.2, 0.25) is 0 Å². The van der Waals surface area contributed by atoms with Crippen LogP contribution in [-0.2, 0) is 6.54 Å². The molecule has 1 atom stereocenters. The minimum atomic E-state index is 0.0903. The molecule has 0 saturated heterocycles. The fourth-order valence-corrected chi connectivity index (χ4v) is 1.93. The number of nitrogens with zero attached hydrogens (tertiary/aromatic N) is 2. The first-order valence-corrected chi connectivity index (χ1v) is 6.09. The quantitative estimate of drug-likeness (QED) is 0.793. The Hall–Kier alpha value is -1.39. The van der Waals surface area contributed by atoms with E-state index in [0.29, 0.717) is 0 Å². The second kappa shape index (κ2) is 5.80. The van der Waals surface area contributed by atoms with Crippen molar-refractivity contribution in [1.82, 2.24) is 14.9 Å². The molecule has 0 fully saturated rings. The number of aliphatic hydroxyl groups is 1. The van der Waals surface area contributed by atoms with Crippen LogP contribution < -0.4 is 5.32 Å². The van der Waals surface area contributed by atoms with Crippen molar-refractivity contribution in [3.63, 3.8) is 0 Å². The van der Waals surface area contributed by atoms with Crippen LogP contribution in [0, 0.1) is 0 Å². The van der Waals surface area contributed by atoms with E-state index in [2.05, 4.69) is 27.9 Å². The van der Waals surface area contributed by atoms with Gasteiger partial charge in [-0.1, -0.05) is 19.1 Å². The van der Waals surface area contributed by atoms with E-state index >= 15 is 0 Å². The summed E-state index contributed by atoms with van der Waals surface area (Å²) in [6.07, 6.45) is 2.90. The van der Waals surface area contributed by atoms with Gasteiger partial charge in [-0.3, -0.25) is 0 Å². The largest absolute Gasteiger partial charge is 0.395 e. The second-order valence-electron chi connectivity index (χ2n) is 4.22. The van der Waals surface area contributed by atoms with Crippen LogP contribution in [0.3, 0.4) is 0 Å². The molecule has 0 bridgehead atoms. The predicted molar refractivity (Wildman–Crippen MR) is 68.9 cm³/mol. The summed E-state index contributed by atoms with van der Waals surface area (Å²) in [4.78, 5) is 4.34. The van der Waals surface area contributed by atoms with Crippen molar-refractivity contribution in [3.8, 4) is 0 Å². The van der Waals surface area contributed by atoms with Crippen molar-refractivity contribution in [2.45, 2.75) is 25.9 Å². The van der Waals surface area contributed by atoms with Gasteiger partial charge in [-0.25, -0.2) is 4.98 Å². The zero-order valence-corrected chi connectivity index (χ0v) is 10.1. The highest BCUT2D eigenvalue weighted by atomic mass is 16.3. The summed E-state index contributed by atoms with van der Waals surface area (Å²) in [6.45, 7) is 3.94. The Morgan fingerprint density at radius 3 is 3.00 bits per heavy atom. The number of imidazole rings is 1. The highest BCUT2D eigenvalue weighted by molar-refractivity contribution is 5.74. The summed E-state index contributed by atoms with van der Waals surface area (Å²) < 4.78 is 2.08. The molecule has 0 amide bonds. The van der Waals surface area contributed by atoms with Gasteiger partial charge in [0.25, 0.3) is 0 Å². The summed E-state index contributed by atoms with van der Waals surface area (Å²) >= 11 is 0. The molecule has 92 valence electrons. The number of nitrogens with one attached hydrogen (secondary N) is 1. The topological polar surface area (TPSA) is 50.1 Å². The van der Waals surface area contributed by atoms with Gasteiger partial charge in [-0.2, -0.15) is 0 Å². The Labute approximate surface area is 101 Å². The predicted octanol–water partition coefficient (Wildman–Crippen LogP) is 1.40. The lowest BCUT2D eigenvalue weighted by molar-refractivity contribution is 0.230. The van der Waals surface area contributed by atoms with E-state index < -0.39 is 0 Å². The highest BCUT2D eigenvalue weighted by Crippen LogP contribution is 2.12. The third-order valence-corrected chi connectivity index (χ3v) is 2.85. The first-order chi connectivity index (χ1) is 8.35. The van der Waals surface area contributed by atoms with Crippen molar-refractivity contribution in [2.75, 3.05) is 13.2 Å². The van der Waals surface area contributed by atoms with Crippen molar-refractivity contribution in [1.29, 1.82) is 0 Å². The number of hydrogen-bond donors (Lipinski definition) is 2. The fourth-order valence-electron chi connectivity index (χ4n) is 1.93. The maximum atomic E-state index is 9.33. The first kappa shape index (κ1) is 12.1. The molecule has 1 aromatic carbocycles. The number of benzene rings is 1. The molecule has 1 heterocycles. The lowest BCUT2D eigenvalue weighted by Crippen LogP contribution is -2.36. The molecule has 1 aromatic heterocycles. The molecule has 4 nitrogen and oxygen atoms in total. The third kappa shape index (κ3) is 2.84. The summed E-state index contributed by atoms with van der Waals surface area (Å²) in [7, 11) is 0. The van der Waals surface area contributed by atoms with Gasteiger partial charge in [0.1, 0.15) is 0 Å². The van der Waals surface area contributed by atoms with E-state index in [1.54, 1.807) is 0 Å². The SMILES string of the molecule is CCCNC(CO)Cn1cnc2ccccc21. The van der Waals surface area contributed by atoms with Crippen LogP contribution in [0.5, 0.6) is 0 Å². The van der Waals surface area contributed by atoms with Crippen LogP contribution >= 0.6 is 0 Å². The number of aliphatic hydroxyl groups excluding tert-OH is 1. The van der Waals surface area contributed by atoms with E-state index in [9.17, 15) is 5.11 Å². The molecule has 2 aromatic rings. The van der Waals surface area contributed by atoms with Gasteiger partial charge in [-0.05, 0) is 25.1 Å². The molecular formula is C13H19N3O. The summed E-state index contributed by atoms with van der Waals surface area (Å²) in [6, 6.07) is 8.13. The third-order valence-electron chi connectivity index (χ3n) is 2.85. The van der Waals surface area contributed by atoms with Crippen LogP contribution in [0.4, 0.5) is 0 Å². The van der Waals surface area contributed by atoms with Crippen molar-refractivity contribution < 1.29 is 5.11 Å². The van der Waals surface area contributed by atoms with Crippen molar-refractivity contribution in [3.05, 3.63) is 30.6 Å². The Morgan fingerprint density at radius 2 is 2.24 bits per heavy atom. The van der Waals surface area contributed by atoms with Gasteiger partial charge in [0.15, 0.2) is 0 Å². The lowest BCUT2D eigenvalue weighted by Gasteiger charge is -2.16. The molecule has 2 rings (SSSR count). The van der Waals surface area contributed by atoms with E-state index in [4.69, 9.17) is 0 Å². The van der Waals surface area contributed by atoms with Gasteiger partial charge < -0.3 is 15.0 Å². The number of rotatable bonds is 6. The van der Waals surface area contributed by atoms with E-state index in [-0.39, 0.29) is 12.6 Å². The molecule has 2 N–H and O–H groups in total. The van der Waals surface area contributed by atoms with Gasteiger partial charge >= 0.3 is 0 Å². The standard InChI is InChI=1S/C13H19N3O/c1-2-7-14-11(9-17)8-16-10-15-12-5-3-4-6-13(12)16/h3-6,10-11,14,17H,2,7-9H2,1H3. The lowest BCUT2D eigenvalue weighted by atomic mass is 10.2. The van der Waals surface area contributed by atoms with E-state index in [1.807, 2.05) is 24.5 Å². The molecule has 0 aliphatic heterocycles. The molecule has 0 aliphatic carbocycles. The molecule has 0 spiro atoms. The first-order valence-electron chi connectivity index (χ1n) is 6.09. The zero-order chi connectivity index (χ0) is 12.1. The maximum Gasteiger partial charge on any atom is 0.0958 e. The van der Waals surface area contributed by atoms with Crippen molar-refractivity contribution in [2.24, 2.45) is 0 Å². The average Bonchev–Trinajstić information content (AvgIpc) is 2.78. The Kier molecular flexibility index (Phi) is 4.12. The molecule has 0 radical (unpaired) electrons.